The Hall–Kier alpha value is -1.68. The molecule has 0 radical (unpaired) electrons. The summed E-state index contributed by atoms with van der Waals surface area (Å²) in [7, 11) is 0. The van der Waals surface area contributed by atoms with Gasteiger partial charge < -0.3 is 5.32 Å². The molecule has 1 N–H and O–H groups in total. The highest BCUT2D eigenvalue weighted by atomic mass is 32.1. The molecular formula is C16H18N2OS. The van der Waals surface area contributed by atoms with E-state index in [9.17, 15) is 4.79 Å². The van der Waals surface area contributed by atoms with Crippen molar-refractivity contribution < 1.29 is 4.79 Å². The Morgan fingerprint density at radius 2 is 2.15 bits per heavy atom. The van der Waals surface area contributed by atoms with Crippen LogP contribution >= 0.6 is 11.3 Å². The summed E-state index contributed by atoms with van der Waals surface area (Å²) in [6.07, 6.45) is 6.46. The lowest BCUT2D eigenvalue weighted by atomic mass is 9.80. The van der Waals surface area contributed by atoms with Gasteiger partial charge >= 0.3 is 0 Å². The van der Waals surface area contributed by atoms with Gasteiger partial charge in [-0.2, -0.15) is 11.3 Å². The van der Waals surface area contributed by atoms with Crippen LogP contribution in [-0.2, 0) is 5.41 Å². The second-order valence-corrected chi connectivity index (χ2v) is 6.18. The maximum Gasteiger partial charge on any atom is 0.269 e. The van der Waals surface area contributed by atoms with Crippen molar-refractivity contribution >= 4 is 17.2 Å². The van der Waals surface area contributed by atoms with Crippen molar-refractivity contribution in [2.24, 2.45) is 0 Å². The molecule has 4 heteroatoms. The van der Waals surface area contributed by atoms with Gasteiger partial charge in [-0.25, -0.2) is 0 Å². The topological polar surface area (TPSA) is 42.0 Å². The van der Waals surface area contributed by atoms with Gasteiger partial charge in [0, 0.05) is 18.2 Å². The van der Waals surface area contributed by atoms with E-state index in [0.29, 0.717) is 12.2 Å². The first-order valence-electron chi connectivity index (χ1n) is 7.02. The average molecular weight is 286 g/mol. The summed E-state index contributed by atoms with van der Waals surface area (Å²) in [5, 5.41) is 7.41. The Morgan fingerprint density at radius 3 is 2.80 bits per heavy atom. The van der Waals surface area contributed by atoms with Crippen LogP contribution in [-0.4, -0.2) is 17.4 Å². The van der Waals surface area contributed by atoms with Crippen LogP contribution in [0.1, 0.15) is 41.7 Å². The molecule has 2 aromatic rings. The highest BCUT2D eigenvalue weighted by Gasteiger charge is 2.36. The highest BCUT2D eigenvalue weighted by Crippen LogP contribution is 2.41. The van der Waals surface area contributed by atoms with E-state index in [1.165, 1.54) is 18.4 Å². The van der Waals surface area contributed by atoms with Crippen LogP contribution in [0.3, 0.4) is 0 Å². The lowest BCUT2D eigenvalue weighted by Gasteiger charge is -2.28. The second-order valence-electron chi connectivity index (χ2n) is 5.40. The van der Waals surface area contributed by atoms with Gasteiger partial charge in [0.15, 0.2) is 0 Å². The van der Waals surface area contributed by atoms with Gasteiger partial charge in [-0.05, 0) is 47.4 Å². The monoisotopic (exact) mass is 286 g/mol. The smallest absolute Gasteiger partial charge is 0.269 e. The first-order valence-corrected chi connectivity index (χ1v) is 7.96. The quantitative estimate of drug-likeness (QED) is 0.936. The maximum atomic E-state index is 12.1. The maximum absolute atomic E-state index is 12.1. The second kappa shape index (κ2) is 5.75. The van der Waals surface area contributed by atoms with Crippen LogP contribution in [0.4, 0.5) is 0 Å². The Labute approximate surface area is 123 Å². The fourth-order valence-electron chi connectivity index (χ4n) is 3.02. The summed E-state index contributed by atoms with van der Waals surface area (Å²) in [5.74, 6) is -0.0768. The van der Waals surface area contributed by atoms with Gasteiger partial charge in [-0.15, -0.1) is 0 Å². The van der Waals surface area contributed by atoms with Crippen molar-refractivity contribution in [1.29, 1.82) is 0 Å². The number of pyridine rings is 1. The third-order valence-electron chi connectivity index (χ3n) is 4.18. The Kier molecular flexibility index (Phi) is 3.83. The Bertz CT molecular complexity index is 559. The fourth-order valence-corrected chi connectivity index (χ4v) is 3.80. The van der Waals surface area contributed by atoms with Crippen LogP contribution in [0.15, 0.2) is 41.2 Å². The summed E-state index contributed by atoms with van der Waals surface area (Å²) >= 11 is 1.73. The zero-order valence-electron chi connectivity index (χ0n) is 11.3. The highest BCUT2D eigenvalue weighted by molar-refractivity contribution is 7.08. The van der Waals surface area contributed by atoms with Crippen LogP contribution in [0.5, 0.6) is 0 Å². The van der Waals surface area contributed by atoms with E-state index in [-0.39, 0.29) is 11.3 Å². The number of nitrogens with zero attached hydrogens (tertiary/aromatic N) is 1. The summed E-state index contributed by atoms with van der Waals surface area (Å²) in [5.41, 5.74) is 2.00. The van der Waals surface area contributed by atoms with E-state index in [1.54, 1.807) is 23.6 Å². The van der Waals surface area contributed by atoms with Gasteiger partial charge in [0.25, 0.3) is 5.91 Å². The molecule has 1 aliphatic carbocycles. The molecule has 1 aliphatic rings. The van der Waals surface area contributed by atoms with Crippen molar-refractivity contribution in [1.82, 2.24) is 10.3 Å². The van der Waals surface area contributed by atoms with Gasteiger partial charge in [-0.1, -0.05) is 18.9 Å². The summed E-state index contributed by atoms with van der Waals surface area (Å²) in [6, 6.07) is 7.61. The third-order valence-corrected chi connectivity index (χ3v) is 4.86. The SMILES string of the molecule is O=C(NCC1(c2ccsc2)CCCC1)c1ccccn1. The number of rotatable bonds is 4. The molecule has 1 saturated carbocycles. The molecule has 0 aromatic carbocycles. The van der Waals surface area contributed by atoms with E-state index in [0.717, 1.165) is 12.8 Å². The number of amides is 1. The van der Waals surface area contributed by atoms with Crippen LogP contribution in [0.25, 0.3) is 0 Å². The summed E-state index contributed by atoms with van der Waals surface area (Å²) in [6.45, 7) is 0.707. The lowest BCUT2D eigenvalue weighted by molar-refractivity contribution is 0.0938. The van der Waals surface area contributed by atoms with Crippen LogP contribution in [0.2, 0.25) is 0 Å². The Balaban J connectivity index is 1.71. The number of carbonyl (C=O) groups excluding carboxylic acids is 1. The van der Waals surface area contributed by atoms with E-state index in [2.05, 4.69) is 27.1 Å². The minimum atomic E-state index is -0.0768. The zero-order chi connectivity index (χ0) is 13.8. The molecule has 0 saturated heterocycles. The standard InChI is InChI=1S/C16H18N2OS/c19-15(14-5-1-4-9-17-14)18-12-16(7-2-3-8-16)13-6-10-20-11-13/h1,4-6,9-11H,2-3,7-8,12H2,(H,18,19). The molecule has 0 aliphatic heterocycles. The minimum absolute atomic E-state index is 0.0768. The molecule has 20 heavy (non-hydrogen) atoms. The average Bonchev–Trinajstić information content (AvgIpc) is 3.17. The molecule has 104 valence electrons. The minimum Gasteiger partial charge on any atom is -0.350 e. The number of carbonyl (C=O) groups is 1. The molecule has 3 nitrogen and oxygen atoms in total. The number of thiophene rings is 1. The molecule has 1 fully saturated rings. The van der Waals surface area contributed by atoms with E-state index in [4.69, 9.17) is 0 Å². The van der Waals surface area contributed by atoms with Gasteiger partial charge in [0.05, 0.1) is 0 Å². The van der Waals surface area contributed by atoms with E-state index >= 15 is 0 Å². The number of hydrogen-bond acceptors (Lipinski definition) is 3. The molecule has 0 spiro atoms. The van der Waals surface area contributed by atoms with Crippen molar-refractivity contribution in [3.8, 4) is 0 Å². The fraction of sp³-hybridized carbons (Fsp3) is 0.375. The number of nitrogens with one attached hydrogen (secondary N) is 1. The van der Waals surface area contributed by atoms with Crippen molar-refractivity contribution in [3.63, 3.8) is 0 Å². The molecule has 2 heterocycles. The van der Waals surface area contributed by atoms with Gasteiger partial charge in [0.2, 0.25) is 0 Å². The number of aromatic nitrogens is 1. The lowest BCUT2D eigenvalue weighted by Crippen LogP contribution is -2.39. The first-order chi connectivity index (χ1) is 9.80. The molecule has 2 aromatic heterocycles. The number of hydrogen-bond donors (Lipinski definition) is 1. The molecule has 0 bridgehead atoms. The van der Waals surface area contributed by atoms with E-state index < -0.39 is 0 Å². The molecule has 3 rings (SSSR count). The summed E-state index contributed by atoms with van der Waals surface area (Å²) in [4.78, 5) is 16.2. The summed E-state index contributed by atoms with van der Waals surface area (Å²) < 4.78 is 0. The Morgan fingerprint density at radius 1 is 1.30 bits per heavy atom. The predicted molar refractivity (Wildman–Crippen MR) is 81.0 cm³/mol. The molecular weight excluding hydrogens is 268 g/mol. The molecule has 0 atom stereocenters. The molecule has 1 amide bonds. The van der Waals surface area contributed by atoms with E-state index in [1.807, 2.05) is 12.1 Å². The largest absolute Gasteiger partial charge is 0.350 e. The van der Waals surface area contributed by atoms with Crippen molar-refractivity contribution in [2.75, 3.05) is 6.54 Å². The van der Waals surface area contributed by atoms with Crippen LogP contribution in [0, 0.1) is 0 Å². The van der Waals surface area contributed by atoms with Crippen molar-refractivity contribution in [3.05, 3.63) is 52.5 Å². The predicted octanol–water partition coefficient (Wildman–Crippen LogP) is 3.38. The molecule has 0 unspecified atom stereocenters. The zero-order valence-corrected chi connectivity index (χ0v) is 12.2. The first kappa shape index (κ1) is 13.3. The van der Waals surface area contributed by atoms with Gasteiger partial charge in [-0.3, -0.25) is 9.78 Å². The normalized spacial score (nSPS) is 17.0. The van der Waals surface area contributed by atoms with Crippen molar-refractivity contribution in [2.45, 2.75) is 31.1 Å². The van der Waals surface area contributed by atoms with Crippen LogP contribution < -0.4 is 5.32 Å². The third kappa shape index (κ3) is 2.61. The van der Waals surface area contributed by atoms with Gasteiger partial charge in [0.1, 0.15) is 5.69 Å².